The molecule has 120 valence electrons. The van der Waals surface area contributed by atoms with Crippen molar-refractivity contribution in [1.29, 1.82) is 0 Å². The van der Waals surface area contributed by atoms with E-state index in [-0.39, 0.29) is 12.7 Å². The summed E-state index contributed by atoms with van der Waals surface area (Å²) in [4.78, 5) is 0. The number of hydrogen-bond acceptors (Lipinski definition) is 2. The zero-order chi connectivity index (χ0) is 16.4. The average Bonchev–Trinajstić information content (AvgIpc) is 2.49. The van der Waals surface area contributed by atoms with Crippen LogP contribution in [0.1, 0.15) is 5.56 Å². The van der Waals surface area contributed by atoms with Crippen molar-refractivity contribution in [2.24, 2.45) is 0 Å². The Bertz CT molecular complexity index is 492. The fourth-order valence-corrected chi connectivity index (χ4v) is 4.09. The third kappa shape index (κ3) is 7.33. The molecule has 1 aromatic carbocycles. The van der Waals surface area contributed by atoms with Gasteiger partial charge in [-0.15, -0.1) is 0 Å². The van der Waals surface area contributed by atoms with Crippen molar-refractivity contribution in [2.75, 3.05) is 19.8 Å². The zero-order valence-electron chi connectivity index (χ0n) is 11.9. The van der Waals surface area contributed by atoms with Crippen molar-refractivity contribution in [1.82, 2.24) is 0 Å². The minimum absolute atomic E-state index is 0.138. The van der Waals surface area contributed by atoms with E-state index in [1.807, 2.05) is 0 Å². The van der Waals surface area contributed by atoms with Crippen LogP contribution in [-0.4, -0.2) is 46.8 Å². The van der Waals surface area contributed by atoms with E-state index in [0.29, 0.717) is 13.2 Å². The topological polar surface area (TPSA) is 18.5 Å². The Balaban J connectivity index is 2.52. The number of rotatable bonds is 9. The molecule has 1 rings (SSSR count). The summed E-state index contributed by atoms with van der Waals surface area (Å²) < 4.78 is 50.0. The van der Waals surface area contributed by atoms with Crippen LogP contribution >= 0.6 is 0 Å². The first-order valence-electron chi connectivity index (χ1n) is 6.51. The summed E-state index contributed by atoms with van der Waals surface area (Å²) in [7, 11) is 0. The molecule has 0 fully saturated rings. The number of benzene rings is 1. The maximum absolute atomic E-state index is 12.5. The number of alkyl halides is 3. The van der Waals surface area contributed by atoms with Crippen molar-refractivity contribution in [2.45, 2.75) is 16.7 Å². The fourth-order valence-electron chi connectivity index (χ4n) is 1.52. The van der Waals surface area contributed by atoms with Gasteiger partial charge in [0.1, 0.15) is 0 Å². The van der Waals surface area contributed by atoms with Crippen LogP contribution in [0.5, 0.6) is 0 Å². The average molecular weight is 426 g/mol. The summed E-state index contributed by atoms with van der Waals surface area (Å²) in [6.07, 6.45) is 2.38. The van der Waals surface area contributed by atoms with Gasteiger partial charge in [-0.05, 0) is 0 Å². The summed E-state index contributed by atoms with van der Waals surface area (Å²) in [5, 5.41) is 0. The molecule has 0 aliphatic carbocycles. The van der Waals surface area contributed by atoms with Gasteiger partial charge in [-0.1, -0.05) is 0 Å². The Morgan fingerprint density at radius 2 is 2.00 bits per heavy atom. The van der Waals surface area contributed by atoms with E-state index in [1.165, 1.54) is 12.1 Å². The van der Waals surface area contributed by atoms with E-state index in [1.54, 1.807) is 6.08 Å². The van der Waals surface area contributed by atoms with Crippen LogP contribution in [0.2, 0.25) is 4.47 Å². The summed E-state index contributed by atoms with van der Waals surface area (Å²) in [6.45, 7) is 4.59. The predicted molar refractivity (Wildman–Crippen MR) is 81.2 cm³/mol. The number of halogens is 3. The molecule has 22 heavy (non-hydrogen) atoms. The van der Waals surface area contributed by atoms with Crippen LogP contribution in [-0.2, 0) is 15.7 Å². The number of hydrogen-bond donors (Lipinski definition) is 0. The second kappa shape index (κ2) is 9.92. The molecule has 0 spiro atoms. The molecule has 0 saturated heterocycles. The van der Waals surface area contributed by atoms with Crippen molar-refractivity contribution in [3.05, 3.63) is 42.5 Å². The van der Waals surface area contributed by atoms with Crippen LogP contribution in [0, 0.1) is 12.3 Å². The molecule has 0 amide bonds. The van der Waals surface area contributed by atoms with Crippen LogP contribution in [0.3, 0.4) is 0 Å². The quantitative estimate of drug-likeness (QED) is 0.262. The molecule has 1 atom stereocenters. The minimum atomic E-state index is -4.30. The van der Waals surface area contributed by atoms with Crippen molar-refractivity contribution < 1.29 is 22.6 Å². The van der Waals surface area contributed by atoms with Gasteiger partial charge in [0.25, 0.3) is 0 Å². The third-order valence-electron chi connectivity index (χ3n) is 2.56. The monoisotopic (exact) mass is 428 g/mol. The molecule has 0 saturated carbocycles. The van der Waals surface area contributed by atoms with Gasteiger partial charge in [0.15, 0.2) is 0 Å². The molecule has 1 aromatic rings. The maximum atomic E-state index is 12.5. The Labute approximate surface area is 138 Å². The molecule has 0 aliphatic rings. The number of terminal acetylenes is 1. The molecule has 0 N–H and O–H groups in total. The first kappa shape index (κ1) is 19.1. The first-order chi connectivity index (χ1) is 10.5. The summed E-state index contributed by atoms with van der Waals surface area (Å²) in [5.41, 5.74) is -0.627. The Kier molecular flexibility index (Phi) is 8.60. The fraction of sp³-hybridized carbons (Fsp3) is 0.375. The second-order valence-corrected chi connectivity index (χ2v) is 7.42. The summed E-state index contributed by atoms with van der Waals surface area (Å²) in [5.74, 6) is 2.40. The van der Waals surface area contributed by atoms with Crippen LogP contribution in [0.4, 0.5) is 13.2 Å². The summed E-state index contributed by atoms with van der Waals surface area (Å²) in [6, 6.07) is 5.30. The summed E-state index contributed by atoms with van der Waals surface area (Å²) >= 11 is -0.662. The van der Waals surface area contributed by atoms with Crippen molar-refractivity contribution >= 4 is 24.5 Å². The molecule has 0 heterocycles. The van der Waals surface area contributed by atoms with Crippen LogP contribution in [0.25, 0.3) is 0 Å². The molecule has 6 heteroatoms. The Hall–Kier alpha value is -0.980. The SMILES string of the molecule is C#CCOC(COCC=C)C[Te]c1ccc(C(F)(F)F)cc1. The first-order valence-corrected chi connectivity index (χ1v) is 9.32. The number of ether oxygens (including phenoxy) is 2. The van der Waals surface area contributed by atoms with E-state index < -0.39 is 32.7 Å². The van der Waals surface area contributed by atoms with Gasteiger partial charge in [-0.2, -0.15) is 0 Å². The zero-order valence-corrected chi connectivity index (χ0v) is 14.3. The molecular weight excluding hydrogens is 409 g/mol. The van der Waals surface area contributed by atoms with Gasteiger partial charge in [-0.25, -0.2) is 0 Å². The van der Waals surface area contributed by atoms with E-state index in [4.69, 9.17) is 15.9 Å². The normalized spacial score (nSPS) is 12.6. The third-order valence-corrected chi connectivity index (χ3v) is 5.82. The van der Waals surface area contributed by atoms with E-state index in [0.717, 1.165) is 20.2 Å². The predicted octanol–water partition coefficient (Wildman–Crippen LogP) is 2.67. The second-order valence-electron chi connectivity index (χ2n) is 4.30. The molecule has 1 unspecified atom stereocenters. The van der Waals surface area contributed by atoms with Crippen LogP contribution in [0.15, 0.2) is 36.9 Å². The molecular formula is C16H17F3O2Te. The Morgan fingerprint density at radius 1 is 1.32 bits per heavy atom. The van der Waals surface area contributed by atoms with E-state index in [9.17, 15) is 13.2 Å². The van der Waals surface area contributed by atoms with E-state index >= 15 is 0 Å². The van der Waals surface area contributed by atoms with Gasteiger partial charge < -0.3 is 0 Å². The van der Waals surface area contributed by atoms with Crippen molar-refractivity contribution in [3.63, 3.8) is 0 Å². The Morgan fingerprint density at radius 3 is 2.55 bits per heavy atom. The van der Waals surface area contributed by atoms with Crippen LogP contribution < -0.4 is 3.61 Å². The molecule has 0 aromatic heterocycles. The molecule has 0 radical (unpaired) electrons. The van der Waals surface area contributed by atoms with Crippen molar-refractivity contribution in [3.8, 4) is 12.3 Å². The molecule has 0 bridgehead atoms. The van der Waals surface area contributed by atoms with Gasteiger partial charge in [0.2, 0.25) is 0 Å². The standard InChI is InChI=1S/C16H17F3O2Te/c1-3-9-20-11-14(21-10-4-2)12-22-15-7-5-13(6-8-15)16(17,18)19/h2-3,5-8,14H,1,9-12H2. The van der Waals surface area contributed by atoms with Gasteiger partial charge in [-0.3, -0.25) is 0 Å². The molecule has 2 nitrogen and oxygen atoms in total. The van der Waals surface area contributed by atoms with Gasteiger partial charge >= 0.3 is 139 Å². The van der Waals surface area contributed by atoms with E-state index in [2.05, 4.69) is 12.5 Å². The van der Waals surface area contributed by atoms with Gasteiger partial charge in [0.05, 0.1) is 0 Å². The van der Waals surface area contributed by atoms with Gasteiger partial charge in [0, 0.05) is 0 Å². The molecule has 0 aliphatic heterocycles.